The van der Waals surface area contributed by atoms with E-state index in [1.54, 1.807) is 30.3 Å². The molecular formula is C32H23F5N2O5. The lowest BCUT2D eigenvalue weighted by Crippen LogP contribution is -2.48. The Bertz CT molecular complexity index is 1680. The Morgan fingerprint density at radius 3 is 1.77 bits per heavy atom. The molecule has 0 aromatic heterocycles. The van der Waals surface area contributed by atoms with Crippen LogP contribution in [-0.4, -0.2) is 35.5 Å². The molecule has 4 aromatic carbocycles. The summed E-state index contributed by atoms with van der Waals surface area (Å²) in [6.07, 6.45) is -2.05. The monoisotopic (exact) mass is 610 g/mol. The van der Waals surface area contributed by atoms with E-state index in [4.69, 9.17) is 10.5 Å². The number of ether oxygens (including phenoxy) is 2. The number of amides is 2. The maximum absolute atomic E-state index is 14.3. The molecule has 226 valence electrons. The Labute approximate surface area is 247 Å². The van der Waals surface area contributed by atoms with E-state index in [1.807, 2.05) is 48.5 Å². The molecule has 44 heavy (non-hydrogen) atoms. The standard InChI is InChI=1S/C32H23F5N2O5/c33-25-26(34)28(36)30(29(37)27(25)35)44-31(41)23(14-24(38)40)39(15-17-8-2-1-3-9-17)32(42)43-16-22-20-12-6-4-10-18(20)19-11-5-7-13-21(19)22/h1-13,22-23H,14-16H2,(H2,38,40)/t23-/m0/s1. The molecule has 0 unspecified atom stereocenters. The average molecular weight is 611 g/mol. The summed E-state index contributed by atoms with van der Waals surface area (Å²) >= 11 is 0. The van der Waals surface area contributed by atoms with Crippen LogP contribution in [0.4, 0.5) is 26.7 Å². The number of esters is 1. The van der Waals surface area contributed by atoms with Gasteiger partial charge in [0.1, 0.15) is 12.6 Å². The summed E-state index contributed by atoms with van der Waals surface area (Å²) in [5.74, 6) is -17.1. The predicted octanol–water partition coefficient (Wildman–Crippen LogP) is 5.98. The van der Waals surface area contributed by atoms with Crippen molar-refractivity contribution in [1.29, 1.82) is 0 Å². The summed E-state index contributed by atoms with van der Waals surface area (Å²) < 4.78 is 80.0. The minimum absolute atomic E-state index is 0.200. The van der Waals surface area contributed by atoms with Crippen molar-refractivity contribution in [3.05, 3.63) is 125 Å². The molecule has 0 radical (unpaired) electrons. The van der Waals surface area contributed by atoms with Gasteiger partial charge in [-0.3, -0.25) is 9.69 Å². The number of benzene rings is 4. The summed E-state index contributed by atoms with van der Waals surface area (Å²) in [6, 6.07) is 21.2. The van der Waals surface area contributed by atoms with Crippen molar-refractivity contribution in [3.8, 4) is 16.9 Å². The number of hydrogen-bond acceptors (Lipinski definition) is 5. The second-order valence-corrected chi connectivity index (χ2v) is 9.92. The zero-order valence-corrected chi connectivity index (χ0v) is 22.7. The Balaban J connectivity index is 1.46. The smallest absolute Gasteiger partial charge is 0.410 e. The van der Waals surface area contributed by atoms with Crippen molar-refractivity contribution < 1.29 is 45.8 Å². The number of fused-ring (bicyclic) bond motifs is 3. The van der Waals surface area contributed by atoms with Crippen LogP contribution in [0, 0.1) is 29.1 Å². The van der Waals surface area contributed by atoms with Gasteiger partial charge in [-0.25, -0.2) is 22.8 Å². The highest BCUT2D eigenvalue weighted by atomic mass is 19.2. The van der Waals surface area contributed by atoms with Gasteiger partial charge in [-0.1, -0.05) is 78.9 Å². The zero-order valence-electron chi connectivity index (χ0n) is 22.7. The molecule has 2 amide bonds. The van der Waals surface area contributed by atoms with Gasteiger partial charge in [0.05, 0.1) is 6.42 Å². The van der Waals surface area contributed by atoms with Crippen molar-refractivity contribution in [2.45, 2.75) is 24.9 Å². The maximum atomic E-state index is 14.3. The number of halogens is 5. The Kier molecular flexibility index (Phi) is 8.61. The average Bonchev–Trinajstić information content (AvgIpc) is 3.35. The maximum Gasteiger partial charge on any atom is 0.410 e. The van der Waals surface area contributed by atoms with Crippen molar-refractivity contribution in [3.63, 3.8) is 0 Å². The number of rotatable bonds is 9. The van der Waals surface area contributed by atoms with Gasteiger partial charge in [0, 0.05) is 12.5 Å². The molecule has 1 aliphatic rings. The van der Waals surface area contributed by atoms with Crippen molar-refractivity contribution in [2.75, 3.05) is 6.61 Å². The van der Waals surface area contributed by atoms with Crippen LogP contribution in [0.2, 0.25) is 0 Å². The van der Waals surface area contributed by atoms with E-state index in [9.17, 15) is 36.3 Å². The van der Waals surface area contributed by atoms with Crippen molar-refractivity contribution in [2.24, 2.45) is 5.73 Å². The Morgan fingerprint density at radius 2 is 1.23 bits per heavy atom. The molecule has 12 heteroatoms. The molecule has 0 saturated heterocycles. The van der Waals surface area contributed by atoms with E-state index in [0.717, 1.165) is 27.2 Å². The third-order valence-corrected chi connectivity index (χ3v) is 7.18. The normalized spacial score (nSPS) is 12.7. The highest BCUT2D eigenvalue weighted by Crippen LogP contribution is 2.44. The van der Waals surface area contributed by atoms with Gasteiger partial charge in [0.15, 0.2) is 0 Å². The summed E-state index contributed by atoms with van der Waals surface area (Å²) in [5.41, 5.74) is 9.43. The predicted molar refractivity (Wildman–Crippen MR) is 147 cm³/mol. The van der Waals surface area contributed by atoms with Crippen LogP contribution in [0.5, 0.6) is 5.75 Å². The highest BCUT2D eigenvalue weighted by Gasteiger charge is 2.38. The zero-order chi connectivity index (χ0) is 31.5. The van der Waals surface area contributed by atoms with Crippen LogP contribution >= 0.6 is 0 Å². The Morgan fingerprint density at radius 1 is 0.727 bits per heavy atom. The molecule has 1 aliphatic carbocycles. The number of carbonyl (C=O) groups is 3. The third kappa shape index (κ3) is 5.83. The fourth-order valence-corrected chi connectivity index (χ4v) is 5.11. The van der Waals surface area contributed by atoms with Crippen LogP contribution in [0.3, 0.4) is 0 Å². The summed E-state index contributed by atoms with van der Waals surface area (Å²) in [5, 5.41) is 0. The van der Waals surface area contributed by atoms with Crippen LogP contribution in [0.1, 0.15) is 29.0 Å². The first-order valence-electron chi connectivity index (χ1n) is 13.3. The van der Waals surface area contributed by atoms with Crippen molar-refractivity contribution >= 4 is 18.0 Å². The lowest BCUT2D eigenvalue weighted by Gasteiger charge is -2.29. The van der Waals surface area contributed by atoms with Gasteiger partial charge in [-0.15, -0.1) is 0 Å². The number of carbonyl (C=O) groups excluding carboxylic acids is 3. The lowest BCUT2D eigenvalue weighted by molar-refractivity contribution is -0.142. The van der Waals surface area contributed by atoms with Crippen LogP contribution < -0.4 is 10.5 Å². The van der Waals surface area contributed by atoms with Crippen LogP contribution in [0.15, 0.2) is 78.9 Å². The minimum Gasteiger partial charge on any atom is -0.448 e. The molecule has 5 rings (SSSR count). The minimum atomic E-state index is -2.46. The molecule has 0 fully saturated rings. The van der Waals surface area contributed by atoms with E-state index >= 15 is 0 Å². The number of hydrogen-bond donors (Lipinski definition) is 1. The van der Waals surface area contributed by atoms with E-state index in [0.29, 0.717) is 5.56 Å². The van der Waals surface area contributed by atoms with E-state index in [-0.39, 0.29) is 19.1 Å². The molecule has 1 atom stereocenters. The van der Waals surface area contributed by atoms with E-state index < -0.39 is 65.3 Å². The molecule has 0 spiro atoms. The van der Waals surface area contributed by atoms with Gasteiger partial charge >= 0.3 is 12.1 Å². The molecule has 2 N–H and O–H groups in total. The van der Waals surface area contributed by atoms with Crippen molar-refractivity contribution in [1.82, 2.24) is 4.90 Å². The third-order valence-electron chi connectivity index (χ3n) is 7.18. The molecule has 0 saturated carbocycles. The van der Waals surface area contributed by atoms with Gasteiger partial charge in [-0.2, -0.15) is 8.78 Å². The topological polar surface area (TPSA) is 98.9 Å². The first kappa shape index (κ1) is 30.2. The van der Waals surface area contributed by atoms with Crippen LogP contribution in [0.25, 0.3) is 11.1 Å². The fraction of sp³-hybridized carbons (Fsp3) is 0.156. The second kappa shape index (κ2) is 12.5. The molecule has 0 heterocycles. The first-order valence-corrected chi connectivity index (χ1v) is 13.3. The van der Waals surface area contributed by atoms with E-state index in [1.165, 1.54) is 0 Å². The second-order valence-electron chi connectivity index (χ2n) is 9.92. The molecule has 0 aliphatic heterocycles. The fourth-order valence-electron chi connectivity index (χ4n) is 5.11. The number of primary amides is 1. The van der Waals surface area contributed by atoms with Gasteiger partial charge in [-0.05, 0) is 27.8 Å². The molecule has 0 bridgehead atoms. The summed E-state index contributed by atoms with van der Waals surface area (Å²) in [7, 11) is 0. The van der Waals surface area contributed by atoms with Crippen LogP contribution in [-0.2, 0) is 20.9 Å². The molecule has 4 aromatic rings. The first-order chi connectivity index (χ1) is 21.1. The van der Waals surface area contributed by atoms with Gasteiger partial charge in [0.25, 0.3) is 0 Å². The Hall–Kier alpha value is -5.26. The number of nitrogens with two attached hydrogens (primary N) is 1. The summed E-state index contributed by atoms with van der Waals surface area (Å²) in [4.78, 5) is 39.6. The number of nitrogens with zero attached hydrogens (tertiary/aromatic N) is 1. The van der Waals surface area contributed by atoms with E-state index in [2.05, 4.69) is 4.74 Å². The quantitative estimate of drug-likeness (QED) is 0.0827. The lowest BCUT2D eigenvalue weighted by atomic mass is 9.98. The summed E-state index contributed by atoms with van der Waals surface area (Å²) in [6.45, 7) is -0.574. The molecule has 7 nitrogen and oxygen atoms in total. The largest absolute Gasteiger partial charge is 0.448 e. The van der Waals surface area contributed by atoms with Gasteiger partial charge in [0.2, 0.25) is 40.7 Å². The molecular weight excluding hydrogens is 587 g/mol. The SMILES string of the molecule is NC(=O)C[C@@H](C(=O)Oc1c(F)c(F)c(F)c(F)c1F)N(Cc1ccccc1)C(=O)OCC1c2ccccc2-c2ccccc21. The van der Waals surface area contributed by atoms with Gasteiger partial charge < -0.3 is 15.2 Å². The highest BCUT2D eigenvalue weighted by molar-refractivity contribution is 5.88.